The number of rotatable bonds is 3. The van der Waals surface area contributed by atoms with Gasteiger partial charge in [-0.25, -0.2) is 4.98 Å². The number of aromatic nitrogens is 2. The van der Waals surface area contributed by atoms with Crippen LogP contribution in [0.2, 0.25) is 0 Å². The fourth-order valence-corrected chi connectivity index (χ4v) is 2.53. The predicted octanol–water partition coefficient (Wildman–Crippen LogP) is 1.22. The minimum Gasteiger partial charge on any atom is -0.381 e. The molecule has 1 fully saturated rings. The first-order valence-corrected chi connectivity index (χ1v) is 7.01. The summed E-state index contributed by atoms with van der Waals surface area (Å²) in [6.45, 7) is 3.16. The molecular formula is C14H18N4O3. The standard InChI is InChI=1S/C14H18N4O3/c1-8-11-6-10(7-16-14(11)21-18-8)17-13(19)12(15)9-2-4-20-5-3-9/h6-7,9,12H,2-5,15H2,1H3,(H,17,19). The number of nitrogens with one attached hydrogen (secondary N) is 1. The van der Waals surface area contributed by atoms with Crippen molar-refractivity contribution in [3.05, 3.63) is 18.0 Å². The Kier molecular flexibility index (Phi) is 3.85. The number of ether oxygens (including phenoxy) is 1. The maximum atomic E-state index is 12.2. The van der Waals surface area contributed by atoms with Gasteiger partial charge in [0, 0.05) is 13.2 Å². The predicted molar refractivity (Wildman–Crippen MR) is 76.7 cm³/mol. The normalized spacial score (nSPS) is 17.8. The van der Waals surface area contributed by atoms with Crippen molar-refractivity contribution in [1.82, 2.24) is 10.1 Å². The van der Waals surface area contributed by atoms with Gasteiger partial charge in [-0.3, -0.25) is 4.79 Å². The van der Waals surface area contributed by atoms with Crippen LogP contribution in [0.5, 0.6) is 0 Å². The maximum absolute atomic E-state index is 12.2. The molecule has 3 N–H and O–H groups in total. The molecule has 1 aliphatic rings. The van der Waals surface area contributed by atoms with Crippen molar-refractivity contribution in [1.29, 1.82) is 0 Å². The van der Waals surface area contributed by atoms with E-state index in [9.17, 15) is 4.79 Å². The second kappa shape index (κ2) is 5.79. The summed E-state index contributed by atoms with van der Waals surface area (Å²) in [5, 5.41) is 7.43. The third-order valence-electron chi connectivity index (χ3n) is 3.85. The molecule has 1 saturated heterocycles. The van der Waals surface area contributed by atoms with Crippen LogP contribution < -0.4 is 11.1 Å². The number of amides is 1. The molecule has 1 unspecified atom stereocenters. The minimum atomic E-state index is -0.534. The SMILES string of the molecule is Cc1noc2ncc(NC(=O)C(N)C3CCOCC3)cc12. The summed E-state index contributed by atoms with van der Waals surface area (Å²) in [5.74, 6) is -0.0371. The Labute approximate surface area is 121 Å². The van der Waals surface area contributed by atoms with E-state index in [1.54, 1.807) is 12.3 Å². The van der Waals surface area contributed by atoms with Crippen LogP contribution in [-0.2, 0) is 9.53 Å². The number of nitrogens with two attached hydrogens (primary N) is 1. The van der Waals surface area contributed by atoms with E-state index in [0.717, 1.165) is 23.9 Å². The summed E-state index contributed by atoms with van der Waals surface area (Å²) in [6.07, 6.45) is 3.18. The highest BCUT2D eigenvalue weighted by molar-refractivity contribution is 5.96. The molecule has 0 saturated carbocycles. The molecule has 2 aromatic rings. The van der Waals surface area contributed by atoms with E-state index >= 15 is 0 Å². The zero-order valence-electron chi connectivity index (χ0n) is 11.8. The largest absolute Gasteiger partial charge is 0.381 e. The number of carbonyl (C=O) groups excluding carboxylic acids is 1. The Hall–Kier alpha value is -1.99. The molecule has 1 atom stereocenters. The molecule has 3 heterocycles. The minimum absolute atomic E-state index is 0.160. The molecular weight excluding hydrogens is 272 g/mol. The molecule has 112 valence electrons. The van der Waals surface area contributed by atoms with Gasteiger partial charge in [-0.15, -0.1) is 0 Å². The van der Waals surface area contributed by atoms with Crippen LogP contribution in [0.1, 0.15) is 18.5 Å². The molecule has 0 radical (unpaired) electrons. The second-order valence-corrected chi connectivity index (χ2v) is 5.31. The summed E-state index contributed by atoms with van der Waals surface area (Å²) >= 11 is 0. The van der Waals surface area contributed by atoms with Crippen molar-refractivity contribution in [3.63, 3.8) is 0 Å². The van der Waals surface area contributed by atoms with Crippen molar-refractivity contribution in [3.8, 4) is 0 Å². The van der Waals surface area contributed by atoms with Crippen LogP contribution in [0.3, 0.4) is 0 Å². The van der Waals surface area contributed by atoms with Gasteiger partial charge in [-0.05, 0) is 31.7 Å². The van der Waals surface area contributed by atoms with E-state index in [4.69, 9.17) is 15.0 Å². The van der Waals surface area contributed by atoms with Crippen LogP contribution in [0.25, 0.3) is 11.1 Å². The van der Waals surface area contributed by atoms with E-state index in [2.05, 4.69) is 15.5 Å². The van der Waals surface area contributed by atoms with E-state index in [0.29, 0.717) is 24.6 Å². The number of hydrogen-bond acceptors (Lipinski definition) is 6. The lowest BCUT2D eigenvalue weighted by Crippen LogP contribution is -2.44. The zero-order chi connectivity index (χ0) is 14.8. The van der Waals surface area contributed by atoms with Gasteiger partial charge in [0.25, 0.3) is 5.71 Å². The first kappa shape index (κ1) is 14.0. The van der Waals surface area contributed by atoms with Crippen molar-refractivity contribution >= 4 is 22.7 Å². The second-order valence-electron chi connectivity index (χ2n) is 5.31. The van der Waals surface area contributed by atoms with Crippen LogP contribution in [0.4, 0.5) is 5.69 Å². The van der Waals surface area contributed by atoms with E-state index in [1.807, 2.05) is 6.92 Å². The van der Waals surface area contributed by atoms with E-state index < -0.39 is 6.04 Å². The molecule has 0 aromatic carbocycles. The van der Waals surface area contributed by atoms with Gasteiger partial charge in [0.1, 0.15) is 0 Å². The molecule has 1 amide bonds. The Bertz CT molecular complexity index is 649. The molecule has 21 heavy (non-hydrogen) atoms. The smallest absolute Gasteiger partial charge is 0.258 e. The first-order valence-electron chi connectivity index (χ1n) is 7.01. The number of aryl methyl sites for hydroxylation is 1. The van der Waals surface area contributed by atoms with Gasteiger partial charge >= 0.3 is 0 Å². The highest BCUT2D eigenvalue weighted by atomic mass is 16.5. The number of carbonyl (C=O) groups is 1. The van der Waals surface area contributed by atoms with E-state index in [1.165, 1.54) is 0 Å². The summed E-state index contributed by atoms with van der Waals surface area (Å²) in [5.41, 5.74) is 7.84. The average molecular weight is 290 g/mol. The summed E-state index contributed by atoms with van der Waals surface area (Å²) in [4.78, 5) is 16.3. The lowest BCUT2D eigenvalue weighted by Gasteiger charge is -2.26. The molecule has 7 nitrogen and oxygen atoms in total. The van der Waals surface area contributed by atoms with Gasteiger partial charge in [0.15, 0.2) is 0 Å². The molecule has 3 rings (SSSR count). The monoisotopic (exact) mass is 290 g/mol. The topological polar surface area (TPSA) is 103 Å². The average Bonchev–Trinajstić information content (AvgIpc) is 2.88. The number of hydrogen-bond donors (Lipinski definition) is 2. The van der Waals surface area contributed by atoms with E-state index in [-0.39, 0.29) is 11.8 Å². The number of pyridine rings is 1. The Morgan fingerprint density at radius 3 is 3.00 bits per heavy atom. The third kappa shape index (κ3) is 2.88. The Morgan fingerprint density at radius 1 is 1.48 bits per heavy atom. The fourth-order valence-electron chi connectivity index (χ4n) is 2.53. The lowest BCUT2D eigenvalue weighted by molar-refractivity contribution is -0.119. The Morgan fingerprint density at radius 2 is 2.24 bits per heavy atom. The highest BCUT2D eigenvalue weighted by Crippen LogP contribution is 2.21. The van der Waals surface area contributed by atoms with Gasteiger partial charge in [0.2, 0.25) is 5.91 Å². The first-order chi connectivity index (χ1) is 10.1. The lowest BCUT2D eigenvalue weighted by atomic mass is 9.92. The van der Waals surface area contributed by atoms with Gasteiger partial charge < -0.3 is 20.3 Å². The molecule has 1 aliphatic heterocycles. The molecule has 0 bridgehead atoms. The van der Waals surface area contributed by atoms with Gasteiger partial charge in [-0.1, -0.05) is 5.16 Å². The molecule has 7 heteroatoms. The fraction of sp³-hybridized carbons (Fsp3) is 0.500. The molecule has 0 spiro atoms. The van der Waals surface area contributed by atoms with Crippen LogP contribution in [0.15, 0.2) is 16.8 Å². The number of fused-ring (bicyclic) bond motifs is 1. The molecule has 2 aromatic heterocycles. The Balaban J connectivity index is 1.71. The summed E-state index contributed by atoms with van der Waals surface area (Å²) < 4.78 is 10.3. The van der Waals surface area contributed by atoms with Crippen molar-refractivity contribution < 1.29 is 14.1 Å². The number of nitrogens with zero attached hydrogens (tertiary/aromatic N) is 2. The van der Waals surface area contributed by atoms with Gasteiger partial charge in [0.05, 0.1) is 29.0 Å². The third-order valence-corrected chi connectivity index (χ3v) is 3.85. The van der Waals surface area contributed by atoms with Gasteiger partial charge in [-0.2, -0.15) is 0 Å². The highest BCUT2D eigenvalue weighted by Gasteiger charge is 2.26. The summed E-state index contributed by atoms with van der Waals surface area (Å²) in [7, 11) is 0. The van der Waals surface area contributed by atoms with Crippen molar-refractivity contribution in [2.45, 2.75) is 25.8 Å². The van der Waals surface area contributed by atoms with Crippen molar-refractivity contribution in [2.24, 2.45) is 11.7 Å². The summed E-state index contributed by atoms with van der Waals surface area (Å²) in [6, 6.07) is 1.26. The maximum Gasteiger partial charge on any atom is 0.258 e. The van der Waals surface area contributed by atoms with Crippen molar-refractivity contribution in [2.75, 3.05) is 18.5 Å². The number of anilines is 1. The van der Waals surface area contributed by atoms with Crippen LogP contribution >= 0.6 is 0 Å². The molecule has 0 aliphatic carbocycles. The van der Waals surface area contributed by atoms with Crippen LogP contribution in [0, 0.1) is 12.8 Å². The van der Waals surface area contributed by atoms with Crippen LogP contribution in [-0.4, -0.2) is 35.3 Å². The quantitative estimate of drug-likeness (QED) is 0.881. The zero-order valence-corrected chi connectivity index (χ0v) is 11.8.